The van der Waals surface area contributed by atoms with Gasteiger partial charge in [-0.1, -0.05) is 30.7 Å². The van der Waals surface area contributed by atoms with E-state index in [1.165, 1.54) is 62.5 Å². The van der Waals surface area contributed by atoms with Crippen molar-refractivity contribution in [3.8, 4) is 0 Å². The molecule has 0 N–H and O–H groups in total. The minimum Gasteiger partial charge on any atom is -0.303 e. The molecule has 4 nitrogen and oxygen atoms in total. The van der Waals surface area contributed by atoms with Gasteiger partial charge in [-0.3, -0.25) is 0 Å². The number of rotatable bonds is 4. The second-order valence-electron chi connectivity index (χ2n) is 10.1. The van der Waals surface area contributed by atoms with E-state index in [0.717, 1.165) is 37.3 Å². The molecule has 1 aliphatic heterocycles. The number of likely N-dealkylation sites (tertiary alicyclic amines) is 1. The fourth-order valence-corrected chi connectivity index (χ4v) is 7.64. The molecule has 154 valence electrons. The Kier molecular flexibility index (Phi) is 4.64. The van der Waals surface area contributed by atoms with Crippen molar-refractivity contribution in [2.75, 3.05) is 32.9 Å². The lowest BCUT2D eigenvalue weighted by atomic mass is 9.73. The maximum atomic E-state index is 12.2. The van der Waals surface area contributed by atoms with Gasteiger partial charge in [0.2, 0.25) is 10.0 Å². The van der Waals surface area contributed by atoms with Gasteiger partial charge >= 0.3 is 0 Å². The van der Waals surface area contributed by atoms with Crippen LogP contribution in [-0.2, 0) is 15.4 Å². The van der Waals surface area contributed by atoms with Gasteiger partial charge in [0.15, 0.2) is 0 Å². The van der Waals surface area contributed by atoms with Gasteiger partial charge in [-0.15, -0.1) is 0 Å². The number of hydrogen-bond acceptors (Lipinski definition) is 3. The molecule has 1 aromatic rings. The van der Waals surface area contributed by atoms with Gasteiger partial charge in [0.1, 0.15) is 0 Å². The Hall–Kier alpha value is -0.910. The molecule has 4 atom stereocenters. The summed E-state index contributed by atoms with van der Waals surface area (Å²) in [6, 6.07) is 8.59. The molecule has 1 aromatic carbocycles. The smallest absolute Gasteiger partial charge is 0.211 e. The minimum atomic E-state index is -3.19. The molecule has 1 saturated heterocycles. The molecule has 0 amide bonds. The van der Waals surface area contributed by atoms with Crippen LogP contribution in [-0.4, -0.2) is 50.6 Å². The molecule has 1 spiro atoms. The molecule has 5 heteroatoms. The van der Waals surface area contributed by atoms with E-state index in [1.54, 1.807) is 11.4 Å². The average Bonchev–Trinajstić information content (AvgIpc) is 3.37. The molecule has 28 heavy (non-hydrogen) atoms. The predicted octanol–water partition coefficient (Wildman–Crippen LogP) is 3.79. The fourth-order valence-electron chi connectivity index (χ4n) is 6.98. The first-order chi connectivity index (χ1) is 13.4. The predicted molar refractivity (Wildman–Crippen MR) is 113 cm³/mol. The van der Waals surface area contributed by atoms with Crippen molar-refractivity contribution in [3.05, 3.63) is 35.4 Å². The molecule has 3 fully saturated rings. The zero-order valence-corrected chi connectivity index (χ0v) is 18.1. The van der Waals surface area contributed by atoms with Crippen molar-refractivity contribution in [1.82, 2.24) is 9.21 Å². The third-order valence-electron chi connectivity index (χ3n) is 8.63. The van der Waals surface area contributed by atoms with E-state index in [0.29, 0.717) is 0 Å². The van der Waals surface area contributed by atoms with Gasteiger partial charge in [0, 0.05) is 13.6 Å². The number of nitrogens with zero attached hydrogens (tertiary/aromatic N) is 2. The summed E-state index contributed by atoms with van der Waals surface area (Å²) in [6.45, 7) is 3.63. The normalized spacial score (nSPS) is 34.4. The molecular formula is C23H34N2O2S. The van der Waals surface area contributed by atoms with E-state index in [4.69, 9.17) is 0 Å². The topological polar surface area (TPSA) is 40.6 Å². The Balaban J connectivity index is 1.31. The van der Waals surface area contributed by atoms with Gasteiger partial charge in [0.05, 0.1) is 12.3 Å². The van der Waals surface area contributed by atoms with E-state index < -0.39 is 10.0 Å². The van der Waals surface area contributed by atoms with Crippen LogP contribution in [0.1, 0.15) is 62.1 Å². The van der Waals surface area contributed by atoms with Crippen LogP contribution in [0.15, 0.2) is 24.3 Å². The molecule has 1 heterocycles. The zero-order chi connectivity index (χ0) is 19.5. The van der Waals surface area contributed by atoms with Crippen LogP contribution in [0.25, 0.3) is 0 Å². The van der Waals surface area contributed by atoms with Crippen LogP contribution in [0.3, 0.4) is 0 Å². The van der Waals surface area contributed by atoms with Crippen LogP contribution < -0.4 is 0 Å². The molecular weight excluding hydrogens is 368 g/mol. The number of piperidine rings is 1. The van der Waals surface area contributed by atoms with E-state index in [1.807, 2.05) is 0 Å². The Morgan fingerprint density at radius 2 is 1.89 bits per heavy atom. The summed E-state index contributed by atoms with van der Waals surface area (Å²) in [6.07, 6.45) is 10.5. The van der Waals surface area contributed by atoms with Crippen molar-refractivity contribution in [2.45, 2.75) is 56.4 Å². The summed E-state index contributed by atoms with van der Waals surface area (Å²) in [7, 11) is -1.44. The highest BCUT2D eigenvalue weighted by Crippen LogP contribution is 2.53. The Morgan fingerprint density at radius 3 is 2.54 bits per heavy atom. The third-order valence-corrected chi connectivity index (χ3v) is 9.93. The lowest BCUT2D eigenvalue weighted by Crippen LogP contribution is -2.44. The first kappa shape index (κ1) is 19.1. The largest absolute Gasteiger partial charge is 0.303 e. The third kappa shape index (κ3) is 3.14. The lowest BCUT2D eigenvalue weighted by molar-refractivity contribution is 0.116. The SMILES string of the molecule is CN([C@H]1CC2(CCN(C[C@H]3C[C@H]4CC[C@H]3C4)CC2)c2ccccc21)S(C)(=O)=O. The second kappa shape index (κ2) is 6.82. The minimum absolute atomic E-state index is 0.0108. The first-order valence-electron chi connectivity index (χ1n) is 11.1. The molecule has 2 saturated carbocycles. The maximum absolute atomic E-state index is 12.2. The zero-order valence-electron chi connectivity index (χ0n) is 17.3. The average molecular weight is 403 g/mol. The van der Waals surface area contributed by atoms with Crippen LogP contribution in [0.2, 0.25) is 0 Å². The van der Waals surface area contributed by atoms with E-state index in [-0.39, 0.29) is 11.5 Å². The van der Waals surface area contributed by atoms with Gasteiger partial charge < -0.3 is 4.90 Å². The lowest BCUT2D eigenvalue weighted by Gasteiger charge is -2.42. The highest BCUT2D eigenvalue weighted by Gasteiger charge is 2.48. The number of benzene rings is 1. The van der Waals surface area contributed by atoms with Gasteiger partial charge in [-0.2, -0.15) is 4.31 Å². The van der Waals surface area contributed by atoms with E-state index in [9.17, 15) is 8.42 Å². The first-order valence-corrected chi connectivity index (χ1v) is 13.0. The van der Waals surface area contributed by atoms with Crippen LogP contribution in [0.4, 0.5) is 0 Å². The maximum Gasteiger partial charge on any atom is 0.211 e. The summed E-state index contributed by atoms with van der Waals surface area (Å²) in [5.74, 6) is 2.97. The molecule has 0 unspecified atom stereocenters. The van der Waals surface area contributed by atoms with E-state index in [2.05, 4.69) is 29.2 Å². The summed E-state index contributed by atoms with van der Waals surface area (Å²) in [5, 5.41) is 0. The summed E-state index contributed by atoms with van der Waals surface area (Å²) < 4.78 is 26.0. The molecule has 5 rings (SSSR count). The molecule has 4 aliphatic rings. The van der Waals surface area contributed by atoms with Crippen molar-refractivity contribution in [2.24, 2.45) is 17.8 Å². The van der Waals surface area contributed by atoms with Crippen molar-refractivity contribution < 1.29 is 8.42 Å². The molecule has 0 aromatic heterocycles. The molecule has 2 bridgehead atoms. The van der Waals surface area contributed by atoms with Crippen molar-refractivity contribution in [1.29, 1.82) is 0 Å². The molecule has 3 aliphatic carbocycles. The fraction of sp³-hybridized carbons (Fsp3) is 0.739. The Bertz CT molecular complexity index is 844. The van der Waals surface area contributed by atoms with Crippen LogP contribution in [0, 0.1) is 17.8 Å². The number of fused-ring (bicyclic) bond motifs is 4. The van der Waals surface area contributed by atoms with E-state index >= 15 is 0 Å². The Morgan fingerprint density at radius 1 is 1.14 bits per heavy atom. The summed E-state index contributed by atoms with van der Waals surface area (Å²) >= 11 is 0. The van der Waals surface area contributed by atoms with Gasteiger partial charge in [0.25, 0.3) is 0 Å². The summed E-state index contributed by atoms with van der Waals surface area (Å²) in [4.78, 5) is 2.72. The summed E-state index contributed by atoms with van der Waals surface area (Å²) in [5.41, 5.74) is 2.80. The van der Waals surface area contributed by atoms with Gasteiger partial charge in [-0.25, -0.2) is 8.42 Å². The highest BCUT2D eigenvalue weighted by atomic mass is 32.2. The second-order valence-corrected chi connectivity index (χ2v) is 12.1. The Labute approximate surface area is 170 Å². The number of sulfonamides is 1. The quantitative estimate of drug-likeness (QED) is 0.769. The van der Waals surface area contributed by atoms with Crippen molar-refractivity contribution >= 4 is 10.0 Å². The van der Waals surface area contributed by atoms with Crippen LogP contribution >= 0.6 is 0 Å². The highest BCUT2D eigenvalue weighted by molar-refractivity contribution is 7.88. The molecule has 0 radical (unpaired) electrons. The number of hydrogen-bond donors (Lipinski definition) is 0. The van der Waals surface area contributed by atoms with Crippen molar-refractivity contribution in [3.63, 3.8) is 0 Å². The van der Waals surface area contributed by atoms with Gasteiger partial charge in [-0.05, 0) is 85.9 Å². The standard InChI is InChI=1S/C23H34N2O2S/c1-24(28(2,26)27)22-15-23(21-6-4-3-5-20(21)22)9-11-25(12-10-23)16-19-14-17-7-8-18(19)13-17/h3-6,17-19,22H,7-16H2,1-2H3/t17-,18-,19+,22-/m0/s1. The van der Waals surface area contributed by atoms with Crippen LogP contribution in [0.5, 0.6) is 0 Å². The monoisotopic (exact) mass is 402 g/mol.